The first-order valence-corrected chi connectivity index (χ1v) is 8.41. The number of aromatic nitrogens is 2. The number of nitrogens with one attached hydrogen (secondary N) is 1. The molecule has 0 saturated heterocycles. The second-order valence-corrected chi connectivity index (χ2v) is 6.12. The Hall–Kier alpha value is -3.20. The number of anilines is 1. The maximum atomic E-state index is 4.81. The molecule has 1 heterocycles. The van der Waals surface area contributed by atoms with Crippen LogP contribution < -0.4 is 5.32 Å². The monoisotopic (exact) mass is 325 g/mol. The van der Waals surface area contributed by atoms with Gasteiger partial charge in [-0.25, -0.2) is 9.97 Å². The molecule has 4 aromatic rings. The Morgan fingerprint density at radius 2 is 1.60 bits per heavy atom. The molecule has 122 valence electrons. The largest absolute Gasteiger partial charge is 0.365 e. The Bertz CT molecular complexity index is 1010. The Kier molecular flexibility index (Phi) is 4.13. The van der Waals surface area contributed by atoms with Gasteiger partial charge in [-0.3, -0.25) is 0 Å². The summed E-state index contributed by atoms with van der Waals surface area (Å²) in [6.07, 6.45) is 0. The predicted octanol–water partition coefficient (Wildman–Crippen LogP) is 5.22. The zero-order chi connectivity index (χ0) is 17.1. The van der Waals surface area contributed by atoms with Gasteiger partial charge in [0, 0.05) is 17.5 Å². The van der Waals surface area contributed by atoms with Crippen LogP contribution in [0.4, 0.5) is 5.82 Å². The zero-order valence-corrected chi connectivity index (χ0v) is 14.1. The molecule has 0 amide bonds. The lowest BCUT2D eigenvalue weighted by Gasteiger charge is -2.11. The molecule has 0 aliphatic rings. The van der Waals surface area contributed by atoms with Crippen LogP contribution in [0.2, 0.25) is 0 Å². The fraction of sp³-hybridized carbons (Fsp3) is 0.0909. The molecule has 0 spiro atoms. The van der Waals surface area contributed by atoms with Crippen molar-refractivity contribution in [1.82, 2.24) is 9.97 Å². The maximum Gasteiger partial charge on any atom is 0.162 e. The molecule has 0 aliphatic heterocycles. The highest BCUT2D eigenvalue weighted by molar-refractivity contribution is 5.90. The number of benzene rings is 3. The van der Waals surface area contributed by atoms with E-state index in [1.807, 2.05) is 42.5 Å². The SMILES string of the molecule is Cc1cccc(-c2nc(NCc3ccccc3)c3ccccc3n2)c1. The molecular formula is C22H19N3. The van der Waals surface area contributed by atoms with Crippen LogP contribution in [0.15, 0.2) is 78.9 Å². The molecule has 3 nitrogen and oxygen atoms in total. The van der Waals surface area contributed by atoms with Crippen LogP contribution in [0.5, 0.6) is 0 Å². The van der Waals surface area contributed by atoms with Gasteiger partial charge in [-0.2, -0.15) is 0 Å². The van der Waals surface area contributed by atoms with Gasteiger partial charge in [0.1, 0.15) is 5.82 Å². The van der Waals surface area contributed by atoms with E-state index in [0.29, 0.717) is 0 Å². The quantitative estimate of drug-likeness (QED) is 0.559. The molecule has 0 saturated carbocycles. The van der Waals surface area contributed by atoms with Crippen molar-refractivity contribution in [3.8, 4) is 11.4 Å². The first-order valence-electron chi connectivity index (χ1n) is 8.41. The Balaban J connectivity index is 1.76. The summed E-state index contributed by atoms with van der Waals surface area (Å²) < 4.78 is 0. The molecule has 0 unspecified atom stereocenters. The summed E-state index contributed by atoms with van der Waals surface area (Å²) in [7, 11) is 0. The summed E-state index contributed by atoms with van der Waals surface area (Å²) >= 11 is 0. The Morgan fingerprint density at radius 3 is 2.44 bits per heavy atom. The molecular weight excluding hydrogens is 306 g/mol. The number of hydrogen-bond acceptors (Lipinski definition) is 3. The van der Waals surface area contributed by atoms with Crippen LogP contribution in [0, 0.1) is 6.92 Å². The molecule has 1 N–H and O–H groups in total. The van der Waals surface area contributed by atoms with Crippen LogP contribution in [-0.4, -0.2) is 9.97 Å². The lowest BCUT2D eigenvalue weighted by atomic mass is 10.1. The summed E-state index contributed by atoms with van der Waals surface area (Å²) in [5, 5.41) is 4.51. The Morgan fingerprint density at radius 1 is 0.800 bits per heavy atom. The van der Waals surface area contributed by atoms with E-state index in [2.05, 4.69) is 48.6 Å². The highest BCUT2D eigenvalue weighted by atomic mass is 15.0. The van der Waals surface area contributed by atoms with E-state index >= 15 is 0 Å². The molecule has 0 atom stereocenters. The van der Waals surface area contributed by atoms with Gasteiger partial charge < -0.3 is 5.32 Å². The van der Waals surface area contributed by atoms with Crippen molar-refractivity contribution in [2.45, 2.75) is 13.5 Å². The second-order valence-electron chi connectivity index (χ2n) is 6.12. The van der Waals surface area contributed by atoms with Crippen molar-refractivity contribution < 1.29 is 0 Å². The number of aryl methyl sites for hydroxylation is 1. The molecule has 3 aromatic carbocycles. The third-order valence-corrected chi connectivity index (χ3v) is 4.18. The summed E-state index contributed by atoms with van der Waals surface area (Å²) in [6, 6.07) is 26.8. The van der Waals surface area contributed by atoms with E-state index in [1.165, 1.54) is 11.1 Å². The van der Waals surface area contributed by atoms with Crippen molar-refractivity contribution in [1.29, 1.82) is 0 Å². The average molecular weight is 325 g/mol. The van der Waals surface area contributed by atoms with Crippen LogP contribution in [0.25, 0.3) is 22.3 Å². The van der Waals surface area contributed by atoms with E-state index in [1.54, 1.807) is 0 Å². The van der Waals surface area contributed by atoms with Gasteiger partial charge in [0.2, 0.25) is 0 Å². The number of fused-ring (bicyclic) bond motifs is 1. The van der Waals surface area contributed by atoms with Gasteiger partial charge in [0.25, 0.3) is 0 Å². The Labute approximate surface area is 147 Å². The van der Waals surface area contributed by atoms with Gasteiger partial charge in [-0.15, -0.1) is 0 Å². The van der Waals surface area contributed by atoms with Gasteiger partial charge in [0.05, 0.1) is 5.52 Å². The molecule has 0 radical (unpaired) electrons. The molecule has 0 fully saturated rings. The maximum absolute atomic E-state index is 4.81. The van der Waals surface area contributed by atoms with Crippen LogP contribution in [0.1, 0.15) is 11.1 Å². The first kappa shape index (κ1) is 15.3. The highest BCUT2D eigenvalue weighted by Crippen LogP contribution is 2.25. The van der Waals surface area contributed by atoms with E-state index in [9.17, 15) is 0 Å². The predicted molar refractivity (Wildman–Crippen MR) is 103 cm³/mol. The van der Waals surface area contributed by atoms with Crippen LogP contribution >= 0.6 is 0 Å². The first-order chi connectivity index (χ1) is 12.3. The number of para-hydroxylation sites is 1. The summed E-state index contributed by atoms with van der Waals surface area (Å²) in [6.45, 7) is 2.81. The fourth-order valence-corrected chi connectivity index (χ4v) is 2.91. The fourth-order valence-electron chi connectivity index (χ4n) is 2.91. The van der Waals surface area contributed by atoms with E-state index < -0.39 is 0 Å². The molecule has 1 aromatic heterocycles. The van der Waals surface area contributed by atoms with E-state index in [0.717, 1.165) is 34.7 Å². The van der Waals surface area contributed by atoms with E-state index in [-0.39, 0.29) is 0 Å². The minimum absolute atomic E-state index is 0.731. The molecule has 0 bridgehead atoms. The summed E-state index contributed by atoms with van der Waals surface area (Å²) in [4.78, 5) is 9.56. The highest BCUT2D eigenvalue weighted by Gasteiger charge is 2.09. The number of hydrogen-bond donors (Lipinski definition) is 1. The minimum Gasteiger partial charge on any atom is -0.365 e. The third-order valence-electron chi connectivity index (χ3n) is 4.18. The summed E-state index contributed by atoms with van der Waals surface area (Å²) in [5.74, 6) is 1.61. The minimum atomic E-state index is 0.731. The number of nitrogens with zero attached hydrogens (tertiary/aromatic N) is 2. The lowest BCUT2D eigenvalue weighted by Crippen LogP contribution is -2.04. The van der Waals surface area contributed by atoms with Gasteiger partial charge in [-0.1, -0.05) is 66.2 Å². The second kappa shape index (κ2) is 6.73. The van der Waals surface area contributed by atoms with E-state index in [4.69, 9.17) is 9.97 Å². The average Bonchev–Trinajstić information content (AvgIpc) is 2.67. The zero-order valence-electron chi connectivity index (χ0n) is 14.1. The molecule has 4 rings (SSSR count). The van der Waals surface area contributed by atoms with Crippen LogP contribution in [-0.2, 0) is 6.54 Å². The third kappa shape index (κ3) is 3.36. The van der Waals surface area contributed by atoms with Crippen molar-refractivity contribution in [2.75, 3.05) is 5.32 Å². The van der Waals surface area contributed by atoms with Crippen molar-refractivity contribution in [3.05, 3.63) is 90.0 Å². The topological polar surface area (TPSA) is 37.8 Å². The standard InChI is InChI=1S/C22H19N3/c1-16-8-7-11-18(14-16)21-24-20-13-6-5-12-19(20)22(25-21)23-15-17-9-3-2-4-10-17/h2-14H,15H2,1H3,(H,23,24,25). The molecule has 0 aliphatic carbocycles. The van der Waals surface area contributed by atoms with Crippen molar-refractivity contribution in [2.24, 2.45) is 0 Å². The molecule has 25 heavy (non-hydrogen) atoms. The number of rotatable bonds is 4. The van der Waals surface area contributed by atoms with Crippen LogP contribution in [0.3, 0.4) is 0 Å². The van der Waals surface area contributed by atoms with Crippen molar-refractivity contribution in [3.63, 3.8) is 0 Å². The van der Waals surface area contributed by atoms with Gasteiger partial charge >= 0.3 is 0 Å². The van der Waals surface area contributed by atoms with Crippen molar-refractivity contribution >= 4 is 16.7 Å². The lowest BCUT2D eigenvalue weighted by molar-refractivity contribution is 1.11. The van der Waals surface area contributed by atoms with Gasteiger partial charge in [-0.05, 0) is 30.7 Å². The smallest absolute Gasteiger partial charge is 0.162 e. The van der Waals surface area contributed by atoms with Gasteiger partial charge in [0.15, 0.2) is 5.82 Å². The normalized spacial score (nSPS) is 10.8. The summed E-state index contributed by atoms with van der Waals surface area (Å²) in [5.41, 5.74) is 4.41. The molecule has 3 heteroatoms.